The highest BCUT2D eigenvalue weighted by atomic mass is 19.1. The molecular weight excluding hydrogens is 269 g/mol. The summed E-state index contributed by atoms with van der Waals surface area (Å²) in [5.41, 5.74) is 0.824. The third-order valence-corrected chi connectivity index (χ3v) is 4.62. The number of hydrogen-bond acceptors (Lipinski definition) is 2. The van der Waals surface area contributed by atoms with Gasteiger partial charge in [-0.1, -0.05) is 26.0 Å². The molecule has 2 aliphatic rings. The van der Waals surface area contributed by atoms with Crippen molar-refractivity contribution in [1.82, 2.24) is 4.90 Å². The zero-order valence-electron chi connectivity index (χ0n) is 12.6. The molecule has 0 radical (unpaired) electrons. The second-order valence-corrected chi connectivity index (χ2v) is 6.60. The average Bonchev–Trinajstić information content (AvgIpc) is 2.88. The van der Waals surface area contributed by atoms with Crippen LogP contribution in [0.15, 0.2) is 24.3 Å². The van der Waals surface area contributed by atoms with Crippen molar-refractivity contribution >= 4 is 5.91 Å². The number of ether oxygens (including phenoxy) is 1. The standard InChI is InChI=1S/C17H22FNO2/c1-12(2)15(13-4-6-14(18)7-5-13)16(20)19-10-17(11-19)8-3-9-21-17/h4-7,12,15H,3,8-11H2,1-2H3. The van der Waals surface area contributed by atoms with E-state index >= 15 is 0 Å². The van der Waals surface area contributed by atoms with Crippen molar-refractivity contribution in [1.29, 1.82) is 0 Å². The summed E-state index contributed by atoms with van der Waals surface area (Å²) in [7, 11) is 0. The molecule has 2 saturated heterocycles. The molecular formula is C17H22FNO2. The summed E-state index contributed by atoms with van der Waals surface area (Å²) in [4.78, 5) is 14.7. The predicted molar refractivity (Wildman–Crippen MR) is 78.5 cm³/mol. The van der Waals surface area contributed by atoms with Gasteiger partial charge in [0.15, 0.2) is 0 Å². The number of benzene rings is 1. The van der Waals surface area contributed by atoms with Crippen LogP contribution in [0.3, 0.4) is 0 Å². The summed E-state index contributed by atoms with van der Waals surface area (Å²) < 4.78 is 18.9. The van der Waals surface area contributed by atoms with Crippen molar-refractivity contribution < 1.29 is 13.9 Å². The van der Waals surface area contributed by atoms with Gasteiger partial charge in [-0.25, -0.2) is 4.39 Å². The predicted octanol–water partition coefficient (Wildman–Crippen LogP) is 2.96. The van der Waals surface area contributed by atoms with Gasteiger partial charge in [0.05, 0.1) is 19.0 Å². The molecule has 0 aromatic heterocycles. The van der Waals surface area contributed by atoms with Crippen LogP contribution >= 0.6 is 0 Å². The molecule has 21 heavy (non-hydrogen) atoms. The van der Waals surface area contributed by atoms with Gasteiger partial charge in [0.2, 0.25) is 5.91 Å². The first-order valence-corrected chi connectivity index (χ1v) is 7.69. The highest BCUT2D eigenvalue weighted by Crippen LogP contribution is 2.37. The van der Waals surface area contributed by atoms with Crippen molar-refractivity contribution in [3.63, 3.8) is 0 Å². The van der Waals surface area contributed by atoms with Crippen LogP contribution in [0, 0.1) is 11.7 Å². The van der Waals surface area contributed by atoms with Gasteiger partial charge in [-0.2, -0.15) is 0 Å². The Morgan fingerprint density at radius 2 is 1.95 bits per heavy atom. The van der Waals surface area contributed by atoms with Crippen LogP contribution in [0.4, 0.5) is 4.39 Å². The number of hydrogen-bond donors (Lipinski definition) is 0. The minimum atomic E-state index is -0.268. The van der Waals surface area contributed by atoms with E-state index in [0.717, 1.165) is 25.0 Å². The summed E-state index contributed by atoms with van der Waals surface area (Å²) in [6.07, 6.45) is 2.15. The van der Waals surface area contributed by atoms with Gasteiger partial charge in [0.25, 0.3) is 0 Å². The van der Waals surface area contributed by atoms with E-state index < -0.39 is 0 Å². The fourth-order valence-electron chi connectivity index (χ4n) is 3.49. The zero-order valence-corrected chi connectivity index (χ0v) is 12.6. The van der Waals surface area contributed by atoms with E-state index in [4.69, 9.17) is 4.74 Å². The molecule has 0 N–H and O–H groups in total. The van der Waals surface area contributed by atoms with E-state index in [0.29, 0.717) is 13.1 Å². The van der Waals surface area contributed by atoms with Crippen LogP contribution in [0.1, 0.15) is 38.2 Å². The normalized spacial score (nSPS) is 21.6. The van der Waals surface area contributed by atoms with Crippen LogP contribution in [0.5, 0.6) is 0 Å². The summed E-state index contributed by atoms with van der Waals surface area (Å²) in [5, 5.41) is 0. The fourth-order valence-corrected chi connectivity index (χ4v) is 3.49. The Morgan fingerprint density at radius 3 is 2.48 bits per heavy atom. The van der Waals surface area contributed by atoms with E-state index in [-0.39, 0.29) is 29.2 Å². The van der Waals surface area contributed by atoms with Crippen LogP contribution in [0.25, 0.3) is 0 Å². The summed E-state index contributed by atoms with van der Waals surface area (Å²) >= 11 is 0. The monoisotopic (exact) mass is 291 g/mol. The molecule has 4 heteroatoms. The molecule has 3 rings (SSSR count). The molecule has 0 aliphatic carbocycles. The molecule has 2 aliphatic heterocycles. The van der Waals surface area contributed by atoms with E-state index in [1.54, 1.807) is 12.1 Å². The maximum absolute atomic E-state index is 13.1. The average molecular weight is 291 g/mol. The lowest BCUT2D eigenvalue weighted by molar-refractivity contribution is -0.160. The Bertz CT molecular complexity index is 512. The Morgan fingerprint density at radius 1 is 1.29 bits per heavy atom. The Kier molecular flexibility index (Phi) is 3.74. The number of amides is 1. The van der Waals surface area contributed by atoms with Crippen molar-refractivity contribution in [2.75, 3.05) is 19.7 Å². The lowest BCUT2D eigenvalue weighted by atomic mass is 9.83. The molecule has 1 aromatic rings. The minimum Gasteiger partial charge on any atom is -0.371 e. The molecule has 1 spiro atoms. The van der Waals surface area contributed by atoms with Gasteiger partial charge < -0.3 is 9.64 Å². The lowest BCUT2D eigenvalue weighted by Gasteiger charge is -2.48. The van der Waals surface area contributed by atoms with E-state index in [2.05, 4.69) is 0 Å². The van der Waals surface area contributed by atoms with Crippen LogP contribution < -0.4 is 0 Å². The molecule has 0 bridgehead atoms. The third kappa shape index (κ3) is 2.69. The van der Waals surface area contributed by atoms with E-state index in [1.165, 1.54) is 12.1 Å². The summed E-state index contributed by atoms with van der Waals surface area (Å²) in [6, 6.07) is 6.30. The molecule has 114 valence electrons. The van der Waals surface area contributed by atoms with Crippen LogP contribution in [0.2, 0.25) is 0 Å². The second-order valence-electron chi connectivity index (χ2n) is 6.60. The number of rotatable bonds is 3. The van der Waals surface area contributed by atoms with Gasteiger partial charge >= 0.3 is 0 Å². The molecule has 1 atom stereocenters. The number of carbonyl (C=O) groups is 1. The first kappa shape index (κ1) is 14.5. The van der Waals surface area contributed by atoms with Gasteiger partial charge in [-0.05, 0) is 36.5 Å². The van der Waals surface area contributed by atoms with E-state index in [9.17, 15) is 9.18 Å². The number of halogens is 1. The minimum absolute atomic E-state index is 0.0695. The SMILES string of the molecule is CC(C)C(C(=O)N1CC2(CCCO2)C1)c1ccc(F)cc1. The topological polar surface area (TPSA) is 29.5 Å². The highest BCUT2D eigenvalue weighted by Gasteiger charge is 2.49. The van der Waals surface area contributed by atoms with Gasteiger partial charge in [-0.3, -0.25) is 4.79 Å². The number of likely N-dealkylation sites (tertiary alicyclic amines) is 1. The summed E-state index contributed by atoms with van der Waals surface area (Å²) in [6.45, 7) is 6.29. The largest absolute Gasteiger partial charge is 0.371 e. The molecule has 1 aromatic carbocycles. The maximum Gasteiger partial charge on any atom is 0.230 e. The first-order chi connectivity index (χ1) is 10.0. The van der Waals surface area contributed by atoms with Crippen molar-refractivity contribution in [2.24, 2.45) is 5.92 Å². The smallest absolute Gasteiger partial charge is 0.230 e. The van der Waals surface area contributed by atoms with Gasteiger partial charge in [0, 0.05) is 6.61 Å². The Labute approximate surface area is 125 Å². The van der Waals surface area contributed by atoms with Crippen molar-refractivity contribution in [3.05, 3.63) is 35.6 Å². The fraction of sp³-hybridized carbons (Fsp3) is 0.588. The number of carbonyl (C=O) groups excluding carboxylic acids is 1. The highest BCUT2D eigenvalue weighted by molar-refractivity contribution is 5.85. The molecule has 3 nitrogen and oxygen atoms in total. The first-order valence-electron chi connectivity index (χ1n) is 7.69. The third-order valence-electron chi connectivity index (χ3n) is 4.62. The summed E-state index contributed by atoms with van der Waals surface area (Å²) in [5.74, 6) is -0.151. The molecule has 0 saturated carbocycles. The zero-order chi connectivity index (χ0) is 15.0. The number of nitrogens with zero attached hydrogens (tertiary/aromatic N) is 1. The maximum atomic E-state index is 13.1. The Hall–Kier alpha value is -1.42. The van der Waals surface area contributed by atoms with Crippen molar-refractivity contribution in [3.8, 4) is 0 Å². The molecule has 1 unspecified atom stereocenters. The Balaban J connectivity index is 1.72. The van der Waals surface area contributed by atoms with Crippen LogP contribution in [-0.2, 0) is 9.53 Å². The molecule has 1 amide bonds. The van der Waals surface area contributed by atoms with Gasteiger partial charge in [-0.15, -0.1) is 0 Å². The van der Waals surface area contributed by atoms with E-state index in [1.807, 2.05) is 18.7 Å². The van der Waals surface area contributed by atoms with Crippen LogP contribution in [-0.4, -0.2) is 36.1 Å². The quantitative estimate of drug-likeness (QED) is 0.857. The molecule has 2 heterocycles. The lowest BCUT2D eigenvalue weighted by Crippen LogP contribution is -2.64. The van der Waals surface area contributed by atoms with Gasteiger partial charge in [0.1, 0.15) is 11.4 Å². The second kappa shape index (κ2) is 5.41. The van der Waals surface area contributed by atoms with Crippen molar-refractivity contribution in [2.45, 2.75) is 38.2 Å². The molecule has 2 fully saturated rings.